The molecule has 1 unspecified atom stereocenters. The summed E-state index contributed by atoms with van der Waals surface area (Å²) in [6, 6.07) is 6.66. The number of carboxylic acid groups (broad SMARTS) is 1. The van der Waals surface area contributed by atoms with E-state index in [4.69, 9.17) is 16.7 Å². The summed E-state index contributed by atoms with van der Waals surface area (Å²) in [6.07, 6.45) is 0.0745. The SMILES string of the molecule is C=C(Cl)CNC(=O)Nc1ccc(C(C)CC(=O)O)cc1. The lowest BCUT2D eigenvalue weighted by Gasteiger charge is -2.11. The average Bonchev–Trinajstić information content (AvgIpc) is 2.36. The molecule has 1 aromatic carbocycles. The zero-order valence-electron chi connectivity index (χ0n) is 11.1. The summed E-state index contributed by atoms with van der Waals surface area (Å²) >= 11 is 5.54. The molecule has 0 aliphatic heterocycles. The summed E-state index contributed by atoms with van der Waals surface area (Å²) in [5.41, 5.74) is 1.53. The number of urea groups is 1. The van der Waals surface area contributed by atoms with E-state index in [9.17, 15) is 9.59 Å². The minimum absolute atomic E-state index is 0.0741. The first-order valence-corrected chi connectivity index (χ1v) is 6.46. The summed E-state index contributed by atoms with van der Waals surface area (Å²) in [7, 11) is 0. The van der Waals surface area contributed by atoms with E-state index in [2.05, 4.69) is 17.2 Å². The molecular formula is C14H17ClN2O3. The molecule has 0 heterocycles. The number of carboxylic acids is 1. The number of amides is 2. The molecule has 0 aliphatic carbocycles. The first-order valence-electron chi connectivity index (χ1n) is 6.08. The lowest BCUT2D eigenvalue weighted by atomic mass is 9.98. The van der Waals surface area contributed by atoms with Crippen molar-refractivity contribution in [2.45, 2.75) is 19.3 Å². The normalized spacial score (nSPS) is 11.5. The highest BCUT2D eigenvalue weighted by Gasteiger charge is 2.10. The Kier molecular flexibility index (Phi) is 6.06. The highest BCUT2D eigenvalue weighted by molar-refractivity contribution is 6.29. The highest BCUT2D eigenvalue weighted by atomic mass is 35.5. The van der Waals surface area contributed by atoms with Gasteiger partial charge in [-0.05, 0) is 23.6 Å². The maximum Gasteiger partial charge on any atom is 0.319 e. The molecule has 0 spiro atoms. The molecule has 0 aliphatic rings. The number of halogens is 1. The van der Waals surface area contributed by atoms with Crippen molar-refractivity contribution >= 4 is 29.3 Å². The van der Waals surface area contributed by atoms with Crippen LogP contribution in [0, 0.1) is 0 Å². The molecule has 0 saturated heterocycles. The minimum atomic E-state index is -0.833. The van der Waals surface area contributed by atoms with Crippen LogP contribution in [0.2, 0.25) is 0 Å². The van der Waals surface area contributed by atoms with E-state index in [1.54, 1.807) is 24.3 Å². The standard InChI is InChI=1S/C14H17ClN2O3/c1-9(7-13(18)19)11-3-5-12(6-4-11)17-14(20)16-8-10(2)15/h3-6,9H,2,7-8H2,1H3,(H,18,19)(H2,16,17,20). The van der Waals surface area contributed by atoms with Gasteiger partial charge in [0.25, 0.3) is 0 Å². The molecule has 2 amide bonds. The number of nitrogens with one attached hydrogen (secondary N) is 2. The quantitative estimate of drug-likeness (QED) is 0.754. The second-order valence-electron chi connectivity index (χ2n) is 4.45. The summed E-state index contributed by atoms with van der Waals surface area (Å²) < 4.78 is 0. The highest BCUT2D eigenvalue weighted by Crippen LogP contribution is 2.20. The van der Waals surface area contributed by atoms with Crippen molar-refractivity contribution in [3.8, 4) is 0 Å². The number of benzene rings is 1. The van der Waals surface area contributed by atoms with Crippen molar-refractivity contribution in [1.29, 1.82) is 0 Å². The first kappa shape index (κ1) is 16.0. The van der Waals surface area contributed by atoms with Crippen LogP contribution >= 0.6 is 11.6 Å². The van der Waals surface area contributed by atoms with E-state index in [0.717, 1.165) is 5.56 Å². The number of hydrogen-bond donors (Lipinski definition) is 3. The number of rotatable bonds is 6. The summed E-state index contributed by atoms with van der Waals surface area (Å²) in [5, 5.41) is 14.3. The predicted octanol–water partition coefficient (Wildman–Crippen LogP) is 3.14. The molecule has 1 aromatic rings. The smallest absolute Gasteiger partial charge is 0.319 e. The predicted molar refractivity (Wildman–Crippen MR) is 79.1 cm³/mol. The molecule has 0 saturated carbocycles. The summed E-state index contributed by atoms with van der Waals surface area (Å²) in [4.78, 5) is 22.1. The fraction of sp³-hybridized carbons (Fsp3) is 0.286. The lowest BCUT2D eigenvalue weighted by molar-refractivity contribution is -0.137. The van der Waals surface area contributed by atoms with Gasteiger partial charge in [0, 0.05) is 10.7 Å². The van der Waals surface area contributed by atoms with Gasteiger partial charge in [-0.25, -0.2) is 4.79 Å². The van der Waals surface area contributed by atoms with Gasteiger partial charge in [0.2, 0.25) is 0 Å². The maximum absolute atomic E-state index is 11.5. The summed E-state index contributed by atoms with van der Waals surface area (Å²) in [5.74, 6) is -0.907. The third kappa shape index (κ3) is 5.75. The molecule has 3 N–H and O–H groups in total. The number of hydrogen-bond acceptors (Lipinski definition) is 2. The Hall–Kier alpha value is -2.01. The third-order valence-corrected chi connectivity index (χ3v) is 2.79. The van der Waals surface area contributed by atoms with Crippen LogP contribution in [0.3, 0.4) is 0 Å². The van der Waals surface area contributed by atoms with Crippen molar-refractivity contribution in [2.75, 3.05) is 11.9 Å². The lowest BCUT2D eigenvalue weighted by Crippen LogP contribution is -2.29. The third-order valence-electron chi connectivity index (χ3n) is 2.66. The van der Waals surface area contributed by atoms with Gasteiger partial charge in [-0.1, -0.05) is 37.2 Å². The summed E-state index contributed by atoms with van der Waals surface area (Å²) in [6.45, 7) is 5.50. The Morgan fingerprint density at radius 3 is 2.45 bits per heavy atom. The van der Waals surface area contributed by atoms with Crippen molar-refractivity contribution < 1.29 is 14.7 Å². The monoisotopic (exact) mass is 296 g/mol. The van der Waals surface area contributed by atoms with Crippen LogP contribution in [0.4, 0.5) is 10.5 Å². The molecule has 5 nitrogen and oxygen atoms in total. The van der Waals surface area contributed by atoms with Crippen molar-refractivity contribution in [3.05, 3.63) is 41.4 Å². The van der Waals surface area contributed by atoms with Gasteiger partial charge < -0.3 is 15.7 Å². The number of anilines is 1. The van der Waals surface area contributed by atoms with E-state index in [0.29, 0.717) is 10.7 Å². The number of carbonyl (C=O) groups is 2. The van der Waals surface area contributed by atoms with Gasteiger partial charge >= 0.3 is 12.0 Å². The van der Waals surface area contributed by atoms with E-state index < -0.39 is 5.97 Å². The first-order chi connectivity index (χ1) is 9.38. The number of aliphatic carboxylic acids is 1. The molecule has 6 heteroatoms. The van der Waals surface area contributed by atoms with E-state index in [1.165, 1.54) is 0 Å². The van der Waals surface area contributed by atoms with Crippen LogP contribution in [-0.2, 0) is 4.79 Å². The van der Waals surface area contributed by atoms with Gasteiger partial charge in [-0.15, -0.1) is 0 Å². The van der Waals surface area contributed by atoms with Gasteiger partial charge in [0.15, 0.2) is 0 Å². The minimum Gasteiger partial charge on any atom is -0.481 e. The second kappa shape index (κ2) is 7.55. The molecule has 0 bridgehead atoms. The number of carbonyl (C=O) groups excluding carboxylic acids is 1. The van der Waals surface area contributed by atoms with E-state index in [1.807, 2.05) is 6.92 Å². The Morgan fingerprint density at radius 1 is 1.35 bits per heavy atom. The van der Waals surface area contributed by atoms with Crippen LogP contribution in [0.15, 0.2) is 35.9 Å². The molecule has 1 rings (SSSR count). The van der Waals surface area contributed by atoms with Crippen molar-refractivity contribution in [3.63, 3.8) is 0 Å². The van der Waals surface area contributed by atoms with Crippen LogP contribution in [0.1, 0.15) is 24.8 Å². The molecular weight excluding hydrogens is 280 g/mol. The Morgan fingerprint density at radius 2 is 1.95 bits per heavy atom. The largest absolute Gasteiger partial charge is 0.481 e. The fourth-order valence-electron chi connectivity index (χ4n) is 1.63. The molecule has 0 radical (unpaired) electrons. The topological polar surface area (TPSA) is 78.4 Å². The fourth-order valence-corrected chi connectivity index (χ4v) is 1.69. The molecule has 0 fully saturated rings. The van der Waals surface area contributed by atoms with Gasteiger partial charge in [-0.3, -0.25) is 4.79 Å². The Bertz CT molecular complexity index is 500. The van der Waals surface area contributed by atoms with Crippen LogP contribution in [0.5, 0.6) is 0 Å². The molecule has 1 atom stereocenters. The van der Waals surface area contributed by atoms with Gasteiger partial charge in [-0.2, -0.15) is 0 Å². The molecule has 0 aromatic heterocycles. The van der Waals surface area contributed by atoms with E-state index in [-0.39, 0.29) is 24.9 Å². The van der Waals surface area contributed by atoms with Crippen LogP contribution in [0.25, 0.3) is 0 Å². The maximum atomic E-state index is 11.5. The van der Waals surface area contributed by atoms with Crippen LogP contribution < -0.4 is 10.6 Å². The second-order valence-corrected chi connectivity index (χ2v) is 4.98. The Balaban J connectivity index is 2.56. The van der Waals surface area contributed by atoms with Crippen molar-refractivity contribution in [1.82, 2.24) is 5.32 Å². The van der Waals surface area contributed by atoms with Gasteiger partial charge in [0.1, 0.15) is 0 Å². The van der Waals surface area contributed by atoms with Crippen LogP contribution in [-0.4, -0.2) is 23.7 Å². The zero-order chi connectivity index (χ0) is 15.1. The molecule has 20 heavy (non-hydrogen) atoms. The van der Waals surface area contributed by atoms with Gasteiger partial charge in [0.05, 0.1) is 13.0 Å². The molecule has 108 valence electrons. The zero-order valence-corrected chi connectivity index (χ0v) is 11.9. The van der Waals surface area contributed by atoms with E-state index >= 15 is 0 Å². The average molecular weight is 297 g/mol. The Labute approximate surface area is 122 Å². The van der Waals surface area contributed by atoms with Crippen molar-refractivity contribution in [2.24, 2.45) is 0 Å².